The van der Waals surface area contributed by atoms with Crippen LogP contribution in [0.4, 0.5) is 5.69 Å². The number of hydrogen-bond acceptors (Lipinski definition) is 7. The van der Waals surface area contributed by atoms with E-state index in [1.807, 2.05) is 0 Å². The zero-order valence-corrected chi connectivity index (χ0v) is 18.2. The van der Waals surface area contributed by atoms with Crippen LogP contribution in [-0.4, -0.2) is 63.9 Å². The minimum absolute atomic E-state index is 0.147. The largest absolute Gasteiger partial charge is 0.481 e. The second-order valence-electron chi connectivity index (χ2n) is 6.06. The molecule has 2 heterocycles. The maximum atomic E-state index is 12.9. The normalized spacial score (nSPS) is 18.3. The summed E-state index contributed by atoms with van der Waals surface area (Å²) in [5.41, 5.74) is 1.54. The second-order valence-corrected chi connectivity index (χ2v) is 9.27. The van der Waals surface area contributed by atoms with Gasteiger partial charge in [-0.3, -0.25) is 23.8 Å². The average molecular weight is 471 g/mol. The lowest BCUT2D eigenvalue weighted by Gasteiger charge is -2.14. The summed E-state index contributed by atoms with van der Waals surface area (Å²) in [7, 11) is -4.24. The highest BCUT2D eigenvalue weighted by Crippen LogP contribution is 2.44. The molecule has 3 rings (SSSR count). The summed E-state index contributed by atoms with van der Waals surface area (Å²) in [4.78, 5) is 37.4. The van der Waals surface area contributed by atoms with E-state index in [0.29, 0.717) is 17.8 Å². The predicted molar refractivity (Wildman–Crippen MR) is 118 cm³/mol. The van der Waals surface area contributed by atoms with Gasteiger partial charge in [0.15, 0.2) is 0 Å². The van der Waals surface area contributed by atoms with Gasteiger partial charge in [0.05, 0.1) is 21.9 Å². The van der Waals surface area contributed by atoms with Crippen LogP contribution in [0.25, 0.3) is 5.57 Å². The standard InChI is InChI=1S/C16H14N2O5S3.C2H4O2/c1-2-7-17-11-6-4-3-5-10(11)12(14(17)19)13-15(20)18(16(24)25-13)8-9-26(21,22)23;1-2(3)4/h2-6H,1,7-9H2,(H,21,22,23);1H3,(H,3,4)/b13-12-;. The molecule has 2 aliphatic rings. The van der Waals surface area contributed by atoms with Crippen LogP contribution < -0.4 is 4.90 Å². The molecule has 0 unspecified atom stereocenters. The van der Waals surface area contributed by atoms with Gasteiger partial charge in [-0.05, 0) is 6.07 Å². The van der Waals surface area contributed by atoms with E-state index in [9.17, 15) is 18.0 Å². The van der Waals surface area contributed by atoms with Crippen LogP contribution in [0.1, 0.15) is 12.5 Å². The topological polar surface area (TPSA) is 132 Å². The first-order valence-electron chi connectivity index (χ1n) is 8.42. The van der Waals surface area contributed by atoms with E-state index in [-0.39, 0.29) is 27.3 Å². The van der Waals surface area contributed by atoms with Crippen LogP contribution in [0, 0.1) is 0 Å². The summed E-state index contributed by atoms with van der Waals surface area (Å²) >= 11 is 6.11. The third-order valence-corrected chi connectivity index (χ3v) is 6.03. The van der Waals surface area contributed by atoms with Crippen molar-refractivity contribution in [3.05, 3.63) is 47.4 Å². The van der Waals surface area contributed by atoms with Crippen LogP contribution in [0.5, 0.6) is 0 Å². The SMILES string of the molecule is C=CCN1C(=O)/C(=C2\SC(=S)N(CCS(=O)(=O)O)C2=O)c2ccccc21.CC(=O)O. The Kier molecular flexibility index (Phi) is 7.53. The highest BCUT2D eigenvalue weighted by Gasteiger charge is 2.41. The maximum absolute atomic E-state index is 12.9. The zero-order valence-electron chi connectivity index (χ0n) is 15.8. The number of fused-ring (bicyclic) bond motifs is 1. The number of nitrogens with zero attached hydrogens (tertiary/aromatic N) is 2. The molecule has 0 spiro atoms. The fraction of sp³-hybridized carbons (Fsp3) is 0.222. The Balaban J connectivity index is 0.000000735. The first-order chi connectivity index (χ1) is 14.0. The van der Waals surface area contributed by atoms with Gasteiger partial charge in [0.25, 0.3) is 27.9 Å². The number of thiocarbonyl (C=S) groups is 1. The van der Waals surface area contributed by atoms with Crippen molar-refractivity contribution in [1.82, 2.24) is 4.90 Å². The van der Waals surface area contributed by atoms with Crippen molar-refractivity contribution in [3.8, 4) is 0 Å². The second kappa shape index (κ2) is 9.51. The van der Waals surface area contributed by atoms with Gasteiger partial charge in [0, 0.05) is 25.6 Å². The molecule has 0 radical (unpaired) electrons. The fourth-order valence-corrected chi connectivity index (χ4v) is 4.55. The van der Waals surface area contributed by atoms with E-state index in [2.05, 4.69) is 6.58 Å². The molecule has 160 valence electrons. The number of carboxylic acid groups (broad SMARTS) is 1. The molecular formula is C18H18N2O7S3. The van der Waals surface area contributed by atoms with E-state index >= 15 is 0 Å². The van der Waals surface area contributed by atoms with E-state index in [4.69, 9.17) is 26.7 Å². The summed E-state index contributed by atoms with van der Waals surface area (Å²) in [5.74, 6) is -2.33. The lowest BCUT2D eigenvalue weighted by molar-refractivity contribution is -0.134. The van der Waals surface area contributed by atoms with Crippen molar-refractivity contribution in [3.63, 3.8) is 0 Å². The molecule has 2 aliphatic heterocycles. The number of thioether (sulfide) groups is 1. The molecule has 1 aromatic carbocycles. The number of hydrogen-bond donors (Lipinski definition) is 2. The molecule has 0 bridgehead atoms. The van der Waals surface area contributed by atoms with Crippen molar-refractivity contribution in [2.45, 2.75) is 6.92 Å². The smallest absolute Gasteiger partial charge is 0.300 e. The maximum Gasteiger partial charge on any atom is 0.300 e. The van der Waals surface area contributed by atoms with Gasteiger partial charge in [-0.1, -0.05) is 48.3 Å². The number of para-hydroxylation sites is 1. The molecular weight excluding hydrogens is 452 g/mol. The first-order valence-corrected chi connectivity index (χ1v) is 11.3. The Hall–Kier alpha value is -2.54. The van der Waals surface area contributed by atoms with Crippen LogP contribution in [0.15, 0.2) is 41.8 Å². The van der Waals surface area contributed by atoms with Crippen LogP contribution >= 0.6 is 24.0 Å². The number of carboxylic acids is 1. The van der Waals surface area contributed by atoms with Crippen molar-refractivity contribution < 1.29 is 32.5 Å². The van der Waals surface area contributed by atoms with Crippen LogP contribution in [0.2, 0.25) is 0 Å². The summed E-state index contributed by atoms with van der Waals surface area (Å²) in [6.07, 6.45) is 1.59. The number of benzene rings is 1. The predicted octanol–water partition coefficient (Wildman–Crippen LogP) is 1.77. The van der Waals surface area contributed by atoms with Gasteiger partial charge < -0.3 is 10.0 Å². The van der Waals surface area contributed by atoms with E-state index in [0.717, 1.165) is 23.6 Å². The highest BCUT2D eigenvalue weighted by atomic mass is 32.2. The van der Waals surface area contributed by atoms with Gasteiger partial charge in [-0.2, -0.15) is 8.42 Å². The minimum Gasteiger partial charge on any atom is -0.481 e. The Morgan fingerprint density at radius 3 is 2.40 bits per heavy atom. The van der Waals surface area contributed by atoms with Gasteiger partial charge in [-0.25, -0.2) is 0 Å². The molecule has 30 heavy (non-hydrogen) atoms. The number of anilines is 1. The summed E-state index contributed by atoms with van der Waals surface area (Å²) in [6, 6.07) is 7.09. The first kappa shape index (κ1) is 23.7. The van der Waals surface area contributed by atoms with Gasteiger partial charge in [0.1, 0.15) is 4.32 Å². The summed E-state index contributed by atoms with van der Waals surface area (Å²) in [5, 5.41) is 7.42. The molecule has 12 heteroatoms. The molecule has 0 atom stereocenters. The van der Waals surface area contributed by atoms with Crippen molar-refractivity contribution in [2.24, 2.45) is 0 Å². The van der Waals surface area contributed by atoms with Crippen molar-refractivity contribution >= 4 is 67.5 Å². The number of amides is 2. The Bertz CT molecular complexity index is 1060. The number of rotatable bonds is 5. The van der Waals surface area contributed by atoms with Crippen LogP contribution in [-0.2, 0) is 24.5 Å². The fourth-order valence-electron chi connectivity index (χ4n) is 2.76. The molecule has 1 fully saturated rings. The molecule has 2 N–H and O–H groups in total. The van der Waals surface area contributed by atoms with E-state index < -0.39 is 27.7 Å². The lowest BCUT2D eigenvalue weighted by atomic mass is 10.1. The lowest BCUT2D eigenvalue weighted by Crippen LogP contribution is -2.33. The zero-order chi connectivity index (χ0) is 22.6. The molecule has 0 saturated carbocycles. The highest BCUT2D eigenvalue weighted by molar-refractivity contribution is 8.26. The molecule has 0 aliphatic carbocycles. The molecule has 0 aromatic heterocycles. The molecule has 2 amide bonds. The van der Waals surface area contributed by atoms with Crippen LogP contribution in [0.3, 0.4) is 0 Å². The Morgan fingerprint density at radius 1 is 1.23 bits per heavy atom. The summed E-state index contributed by atoms with van der Waals surface area (Å²) in [6.45, 7) is 4.75. The van der Waals surface area contributed by atoms with Gasteiger partial charge in [-0.15, -0.1) is 6.58 Å². The Morgan fingerprint density at radius 2 is 1.83 bits per heavy atom. The number of aliphatic carboxylic acids is 1. The minimum atomic E-state index is -4.24. The number of carbonyl (C=O) groups excluding carboxylic acids is 2. The van der Waals surface area contributed by atoms with E-state index in [1.54, 1.807) is 30.3 Å². The molecule has 1 saturated heterocycles. The average Bonchev–Trinajstić information content (AvgIpc) is 3.06. The van der Waals surface area contributed by atoms with E-state index in [1.165, 1.54) is 4.90 Å². The van der Waals surface area contributed by atoms with Crippen molar-refractivity contribution in [2.75, 3.05) is 23.7 Å². The summed E-state index contributed by atoms with van der Waals surface area (Å²) < 4.78 is 31.0. The number of carbonyl (C=O) groups is 3. The third kappa shape index (κ3) is 5.33. The molecule has 1 aromatic rings. The van der Waals surface area contributed by atoms with Gasteiger partial charge in [0.2, 0.25) is 0 Å². The molecule has 9 nitrogen and oxygen atoms in total. The third-order valence-electron chi connectivity index (χ3n) is 3.88. The van der Waals surface area contributed by atoms with Crippen molar-refractivity contribution in [1.29, 1.82) is 0 Å². The van der Waals surface area contributed by atoms with Gasteiger partial charge >= 0.3 is 0 Å². The Labute approximate surface area is 182 Å². The monoisotopic (exact) mass is 470 g/mol. The quantitative estimate of drug-likeness (QED) is 0.286.